The number of ketones is 1. The highest BCUT2D eigenvalue weighted by molar-refractivity contribution is 6.14. The van der Waals surface area contributed by atoms with Crippen molar-refractivity contribution in [3.8, 4) is 11.5 Å². The van der Waals surface area contributed by atoms with Crippen molar-refractivity contribution in [3.63, 3.8) is 0 Å². The van der Waals surface area contributed by atoms with Crippen molar-refractivity contribution in [2.24, 2.45) is 5.92 Å². The lowest BCUT2D eigenvalue weighted by Gasteiger charge is -2.22. The standard InChI is InChI=1S/C25H18F6O3/c1-14-10-17(12-15-2-6-19(7-3-15)33-24(30)22(26)27)21(32)18(11-14)13-16-4-8-20(9-5-16)34-25(31)23(28)29/h2-9,12-14H,10-11H2,1H3. The molecule has 0 bridgehead atoms. The molecule has 9 heteroatoms. The van der Waals surface area contributed by atoms with Gasteiger partial charge in [0.2, 0.25) is 0 Å². The number of carbonyl (C=O) groups excluding carboxylic acids is 1. The van der Waals surface area contributed by atoms with Crippen molar-refractivity contribution in [2.75, 3.05) is 0 Å². The highest BCUT2D eigenvalue weighted by atomic mass is 19.3. The third kappa shape index (κ3) is 6.63. The maximum absolute atomic E-state index is 13.0. The predicted molar refractivity (Wildman–Crippen MR) is 114 cm³/mol. The Balaban J connectivity index is 1.77. The van der Waals surface area contributed by atoms with Crippen LogP contribution in [0, 0.1) is 5.92 Å². The van der Waals surface area contributed by atoms with Gasteiger partial charge in [0, 0.05) is 11.1 Å². The molecule has 0 heterocycles. The Labute approximate surface area is 191 Å². The summed E-state index contributed by atoms with van der Waals surface area (Å²) in [6, 6.07) is 7.29. The number of ether oxygens (including phenoxy) is 2. The van der Waals surface area contributed by atoms with Gasteiger partial charge in [-0.15, -0.1) is 0 Å². The smallest absolute Gasteiger partial charge is 0.344 e. The third-order valence-electron chi connectivity index (χ3n) is 4.87. The average molecular weight is 480 g/mol. The van der Waals surface area contributed by atoms with Crippen molar-refractivity contribution in [1.29, 1.82) is 0 Å². The van der Waals surface area contributed by atoms with Gasteiger partial charge in [-0.25, -0.2) is 0 Å². The Morgan fingerprint density at radius 2 is 1.06 bits per heavy atom. The minimum Gasteiger partial charge on any atom is -0.428 e. The van der Waals surface area contributed by atoms with E-state index in [4.69, 9.17) is 0 Å². The number of Topliss-reactive ketones (excluding diaryl/α,β-unsaturated/α-hetero) is 1. The van der Waals surface area contributed by atoms with E-state index >= 15 is 0 Å². The van der Waals surface area contributed by atoms with Gasteiger partial charge in [-0.3, -0.25) is 4.79 Å². The van der Waals surface area contributed by atoms with E-state index in [0.29, 0.717) is 35.1 Å². The van der Waals surface area contributed by atoms with Crippen LogP contribution in [-0.2, 0) is 4.79 Å². The summed E-state index contributed by atoms with van der Waals surface area (Å²) >= 11 is 0. The molecule has 1 aliphatic rings. The average Bonchev–Trinajstić information content (AvgIpc) is 2.79. The number of allylic oxidation sites excluding steroid dienone is 2. The molecular formula is C25H18F6O3. The molecule has 1 fully saturated rings. The number of carbonyl (C=O) groups is 1. The summed E-state index contributed by atoms with van der Waals surface area (Å²) in [4.78, 5) is 13.0. The van der Waals surface area contributed by atoms with Gasteiger partial charge in [-0.05, 0) is 66.3 Å². The SMILES string of the molecule is CC1CC(=Cc2ccc(OC(F)=C(F)F)cc2)C(=O)C(=Cc2ccc(OC(F)=C(F)F)cc2)C1. The Morgan fingerprint density at radius 3 is 1.38 bits per heavy atom. The lowest BCUT2D eigenvalue weighted by Crippen LogP contribution is -2.18. The van der Waals surface area contributed by atoms with Crippen LogP contribution in [0.25, 0.3) is 12.2 Å². The monoisotopic (exact) mass is 480 g/mol. The Bertz CT molecular complexity index is 1080. The topological polar surface area (TPSA) is 35.5 Å². The molecule has 0 saturated heterocycles. The number of halogens is 6. The Morgan fingerprint density at radius 1 is 0.706 bits per heavy atom. The normalized spacial score (nSPS) is 18.1. The zero-order valence-corrected chi connectivity index (χ0v) is 17.8. The molecule has 178 valence electrons. The van der Waals surface area contributed by atoms with Crippen LogP contribution >= 0.6 is 0 Å². The summed E-state index contributed by atoms with van der Waals surface area (Å²) in [5.41, 5.74) is 2.27. The fraction of sp³-hybridized carbons (Fsp3) is 0.160. The molecule has 0 unspecified atom stereocenters. The zero-order valence-electron chi connectivity index (χ0n) is 17.8. The van der Waals surface area contributed by atoms with Gasteiger partial charge in [-0.2, -0.15) is 26.3 Å². The van der Waals surface area contributed by atoms with Crippen molar-refractivity contribution in [1.82, 2.24) is 0 Å². The summed E-state index contributed by atoms with van der Waals surface area (Å²) in [6.45, 7) is 1.98. The van der Waals surface area contributed by atoms with Crippen LogP contribution in [0.3, 0.4) is 0 Å². The number of hydrogen-bond donors (Lipinski definition) is 0. The molecule has 3 rings (SSSR count). The van der Waals surface area contributed by atoms with E-state index < -0.39 is 24.2 Å². The maximum Gasteiger partial charge on any atom is 0.344 e. The molecule has 2 aromatic carbocycles. The first-order valence-electron chi connectivity index (χ1n) is 10.1. The molecule has 0 aliphatic heterocycles. The fourth-order valence-corrected chi connectivity index (χ4v) is 3.41. The molecular weight excluding hydrogens is 462 g/mol. The van der Waals surface area contributed by atoms with Gasteiger partial charge in [-0.1, -0.05) is 31.2 Å². The van der Waals surface area contributed by atoms with Gasteiger partial charge >= 0.3 is 24.2 Å². The van der Waals surface area contributed by atoms with Gasteiger partial charge in [0.1, 0.15) is 11.5 Å². The minimum absolute atomic E-state index is 0.117. The van der Waals surface area contributed by atoms with E-state index in [2.05, 4.69) is 9.47 Å². The van der Waals surface area contributed by atoms with Crippen LogP contribution in [0.4, 0.5) is 26.3 Å². The maximum atomic E-state index is 13.0. The summed E-state index contributed by atoms with van der Waals surface area (Å²) in [6.07, 6.45) is -0.762. The van der Waals surface area contributed by atoms with E-state index in [9.17, 15) is 31.1 Å². The van der Waals surface area contributed by atoms with Crippen LogP contribution in [0.5, 0.6) is 11.5 Å². The Kier molecular flexibility index (Phi) is 7.99. The quantitative estimate of drug-likeness (QED) is 0.239. The largest absolute Gasteiger partial charge is 0.428 e. The van der Waals surface area contributed by atoms with Crippen LogP contribution in [-0.4, -0.2) is 5.78 Å². The van der Waals surface area contributed by atoms with Gasteiger partial charge in [0.25, 0.3) is 0 Å². The fourth-order valence-electron chi connectivity index (χ4n) is 3.41. The highest BCUT2D eigenvalue weighted by Gasteiger charge is 2.25. The molecule has 0 amide bonds. The first kappa shape index (κ1) is 24.9. The van der Waals surface area contributed by atoms with E-state index in [-0.39, 0.29) is 23.2 Å². The van der Waals surface area contributed by atoms with Crippen LogP contribution in [0.1, 0.15) is 30.9 Å². The molecule has 0 atom stereocenters. The molecule has 0 aromatic heterocycles. The molecule has 0 spiro atoms. The molecule has 34 heavy (non-hydrogen) atoms. The molecule has 3 nitrogen and oxygen atoms in total. The molecule has 0 radical (unpaired) electrons. The number of benzene rings is 2. The highest BCUT2D eigenvalue weighted by Crippen LogP contribution is 2.33. The van der Waals surface area contributed by atoms with Crippen LogP contribution in [0.15, 0.2) is 83.9 Å². The van der Waals surface area contributed by atoms with Crippen molar-refractivity contribution in [2.45, 2.75) is 19.8 Å². The van der Waals surface area contributed by atoms with Gasteiger partial charge in [0.15, 0.2) is 5.78 Å². The molecule has 2 aromatic rings. The van der Waals surface area contributed by atoms with Crippen molar-refractivity contribution >= 4 is 17.9 Å². The first-order chi connectivity index (χ1) is 16.1. The van der Waals surface area contributed by atoms with Crippen LogP contribution < -0.4 is 9.47 Å². The first-order valence-corrected chi connectivity index (χ1v) is 10.1. The van der Waals surface area contributed by atoms with Crippen LogP contribution in [0.2, 0.25) is 0 Å². The molecule has 0 N–H and O–H groups in total. The molecule has 1 aliphatic carbocycles. The second-order valence-electron chi connectivity index (χ2n) is 7.59. The predicted octanol–water partition coefficient (Wildman–Crippen LogP) is 7.98. The summed E-state index contributed by atoms with van der Waals surface area (Å²) < 4.78 is 83.2. The van der Waals surface area contributed by atoms with E-state index in [1.165, 1.54) is 48.5 Å². The van der Waals surface area contributed by atoms with E-state index in [0.717, 1.165) is 0 Å². The van der Waals surface area contributed by atoms with E-state index in [1.807, 2.05) is 6.92 Å². The second-order valence-corrected chi connectivity index (χ2v) is 7.59. The lowest BCUT2D eigenvalue weighted by molar-refractivity contribution is -0.113. The van der Waals surface area contributed by atoms with Gasteiger partial charge < -0.3 is 9.47 Å². The Hall–Kier alpha value is -3.75. The van der Waals surface area contributed by atoms with Crippen molar-refractivity contribution < 1.29 is 40.6 Å². The zero-order chi connectivity index (χ0) is 24.8. The van der Waals surface area contributed by atoms with Crippen molar-refractivity contribution in [3.05, 3.63) is 95.0 Å². The molecule has 1 saturated carbocycles. The second kappa shape index (κ2) is 10.9. The lowest BCUT2D eigenvalue weighted by atomic mass is 9.81. The number of rotatable bonds is 6. The summed E-state index contributed by atoms with van der Waals surface area (Å²) in [7, 11) is 0. The summed E-state index contributed by atoms with van der Waals surface area (Å²) in [5, 5.41) is 0. The third-order valence-corrected chi connectivity index (χ3v) is 4.87. The van der Waals surface area contributed by atoms with E-state index in [1.54, 1.807) is 12.2 Å². The minimum atomic E-state index is -2.56. The summed E-state index contributed by atoms with van der Waals surface area (Å²) in [5.74, 6) is -0.263. The van der Waals surface area contributed by atoms with Gasteiger partial charge in [0.05, 0.1) is 0 Å². The number of hydrogen-bond acceptors (Lipinski definition) is 3.